The molecule has 5 nitrogen and oxygen atoms in total. The minimum absolute atomic E-state index is 0.00461. The van der Waals surface area contributed by atoms with E-state index in [4.69, 9.17) is 4.74 Å². The van der Waals surface area contributed by atoms with Crippen LogP contribution < -0.4 is 0 Å². The topological polar surface area (TPSA) is 87.0 Å². The minimum atomic E-state index is -0.600. The number of esters is 1. The summed E-state index contributed by atoms with van der Waals surface area (Å²) in [6.07, 6.45) is 1.72. The smallest absolute Gasteiger partial charge is 0.342 e. The number of carbonyl (C=O) groups excluding carboxylic acids is 1. The zero-order valence-electron chi connectivity index (χ0n) is 10.8. The van der Waals surface area contributed by atoms with Gasteiger partial charge in [0.2, 0.25) is 0 Å². The Labute approximate surface area is 111 Å². The molecular formula is C14H18O5. The number of aliphatic hydroxyl groups excluding tert-OH is 1. The average Bonchev–Trinajstić information content (AvgIpc) is 2.33. The molecule has 1 aliphatic rings. The average molecular weight is 266 g/mol. The Morgan fingerprint density at radius 1 is 1.37 bits per heavy atom. The standard InChI is InChI=1S/C14H18O5/c1-8(15)3-2-4-9-7-10-11(16)5-6-12(17)13(10)14(18)19-9/h5-6,8-9,15-17H,2-4,7H2,1H3. The van der Waals surface area contributed by atoms with Crippen LogP contribution in [0.5, 0.6) is 11.5 Å². The first-order chi connectivity index (χ1) is 8.99. The summed E-state index contributed by atoms with van der Waals surface area (Å²) >= 11 is 0. The number of aromatic hydroxyl groups is 2. The summed E-state index contributed by atoms with van der Waals surface area (Å²) in [7, 11) is 0. The number of carbonyl (C=O) groups is 1. The van der Waals surface area contributed by atoms with Crippen molar-refractivity contribution in [3.8, 4) is 11.5 Å². The lowest BCUT2D eigenvalue weighted by Crippen LogP contribution is -2.28. The number of phenols is 2. The molecule has 0 spiro atoms. The normalized spacial score (nSPS) is 19.7. The van der Waals surface area contributed by atoms with E-state index >= 15 is 0 Å². The van der Waals surface area contributed by atoms with Crippen LogP contribution in [0.3, 0.4) is 0 Å². The van der Waals surface area contributed by atoms with E-state index in [0.29, 0.717) is 24.8 Å². The van der Waals surface area contributed by atoms with Gasteiger partial charge in [0, 0.05) is 12.0 Å². The van der Waals surface area contributed by atoms with Gasteiger partial charge >= 0.3 is 5.97 Å². The van der Waals surface area contributed by atoms with Gasteiger partial charge in [0.05, 0.1) is 6.10 Å². The third-order valence-electron chi connectivity index (χ3n) is 3.32. The second-order valence-electron chi connectivity index (χ2n) is 4.97. The van der Waals surface area contributed by atoms with Gasteiger partial charge in [-0.3, -0.25) is 0 Å². The first kappa shape index (κ1) is 13.7. The number of benzene rings is 1. The van der Waals surface area contributed by atoms with Gasteiger partial charge in [0.1, 0.15) is 23.2 Å². The Balaban J connectivity index is 2.11. The van der Waals surface area contributed by atoms with Crippen molar-refractivity contribution in [3.05, 3.63) is 23.3 Å². The Bertz CT molecular complexity index is 481. The molecule has 1 heterocycles. The summed E-state index contributed by atoms with van der Waals surface area (Å²) in [6, 6.07) is 2.66. The van der Waals surface area contributed by atoms with E-state index in [1.54, 1.807) is 6.92 Å². The molecule has 0 saturated heterocycles. The van der Waals surface area contributed by atoms with Gasteiger partial charge in [-0.15, -0.1) is 0 Å². The van der Waals surface area contributed by atoms with Crippen LogP contribution in [0.25, 0.3) is 0 Å². The van der Waals surface area contributed by atoms with Crippen LogP contribution in [-0.2, 0) is 11.2 Å². The summed E-state index contributed by atoms with van der Waals surface area (Å²) in [4.78, 5) is 11.8. The van der Waals surface area contributed by atoms with E-state index in [0.717, 1.165) is 6.42 Å². The lowest BCUT2D eigenvalue weighted by atomic mass is 9.94. The molecule has 2 unspecified atom stereocenters. The van der Waals surface area contributed by atoms with Crippen molar-refractivity contribution in [1.82, 2.24) is 0 Å². The molecule has 0 saturated carbocycles. The Hall–Kier alpha value is -1.75. The fourth-order valence-corrected chi connectivity index (χ4v) is 2.34. The van der Waals surface area contributed by atoms with Gasteiger partial charge in [-0.05, 0) is 38.3 Å². The fraction of sp³-hybridized carbons (Fsp3) is 0.500. The van der Waals surface area contributed by atoms with Gasteiger partial charge < -0.3 is 20.1 Å². The summed E-state index contributed by atoms with van der Waals surface area (Å²) in [6.45, 7) is 1.71. The monoisotopic (exact) mass is 266 g/mol. The maximum absolute atomic E-state index is 11.8. The van der Waals surface area contributed by atoms with Crippen LogP contribution in [0, 0.1) is 0 Å². The molecule has 0 bridgehead atoms. The molecule has 2 rings (SSSR count). The summed E-state index contributed by atoms with van der Waals surface area (Å²) < 4.78 is 5.24. The largest absolute Gasteiger partial charge is 0.508 e. The summed E-state index contributed by atoms with van der Waals surface area (Å²) in [5.41, 5.74) is 0.505. The SMILES string of the molecule is CC(O)CCCC1Cc2c(O)ccc(O)c2C(=O)O1. The maximum atomic E-state index is 11.8. The van der Waals surface area contributed by atoms with Crippen LogP contribution in [0.1, 0.15) is 42.1 Å². The molecule has 0 aliphatic carbocycles. The number of fused-ring (bicyclic) bond motifs is 1. The minimum Gasteiger partial charge on any atom is -0.508 e. The lowest BCUT2D eigenvalue weighted by molar-refractivity contribution is 0.0217. The number of rotatable bonds is 4. The van der Waals surface area contributed by atoms with Gasteiger partial charge in [-0.1, -0.05) is 0 Å². The van der Waals surface area contributed by atoms with Crippen LogP contribution in [0.2, 0.25) is 0 Å². The molecule has 0 amide bonds. The highest BCUT2D eigenvalue weighted by Gasteiger charge is 2.30. The second-order valence-corrected chi connectivity index (χ2v) is 4.97. The molecule has 3 N–H and O–H groups in total. The molecule has 0 aromatic heterocycles. The molecule has 19 heavy (non-hydrogen) atoms. The van der Waals surface area contributed by atoms with Crippen molar-refractivity contribution in [2.75, 3.05) is 0 Å². The molecule has 1 aromatic rings. The van der Waals surface area contributed by atoms with Crippen molar-refractivity contribution in [1.29, 1.82) is 0 Å². The predicted octanol–water partition coefficient (Wildman–Crippen LogP) is 1.73. The zero-order chi connectivity index (χ0) is 14.0. The molecule has 0 radical (unpaired) electrons. The number of ether oxygens (including phenoxy) is 1. The number of hydrogen-bond donors (Lipinski definition) is 3. The van der Waals surface area contributed by atoms with Crippen molar-refractivity contribution < 1.29 is 24.9 Å². The lowest BCUT2D eigenvalue weighted by Gasteiger charge is -2.25. The summed E-state index contributed by atoms with van der Waals surface area (Å²) in [5.74, 6) is -0.762. The molecule has 2 atom stereocenters. The third-order valence-corrected chi connectivity index (χ3v) is 3.32. The fourth-order valence-electron chi connectivity index (χ4n) is 2.34. The van der Waals surface area contributed by atoms with Crippen LogP contribution in [0.4, 0.5) is 0 Å². The predicted molar refractivity (Wildman–Crippen MR) is 68.2 cm³/mol. The number of phenolic OH excluding ortho intramolecular Hbond substituents is 2. The Morgan fingerprint density at radius 2 is 2.05 bits per heavy atom. The van der Waals surface area contributed by atoms with E-state index in [-0.39, 0.29) is 29.3 Å². The van der Waals surface area contributed by atoms with Gasteiger partial charge in [-0.2, -0.15) is 0 Å². The third kappa shape index (κ3) is 2.98. The second kappa shape index (κ2) is 5.48. The van der Waals surface area contributed by atoms with Crippen molar-refractivity contribution in [3.63, 3.8) is 0 Å². The highest BCUT2D eigenvalue weighted by molar-refractivity contribution is 5.96. The number of hydrogen-bond acceptors (Lipinski definition) is 5. The van der Waals surface area contributed by atoms with E-state index in [9.17, 15) is 20.1 Å². The van der Waals surface area contributed by atoms with Gasteiger partial charge in [0.25, 0.3) is 0 Å². The Morgan fingerprint density at radius 3 is 2.74 bits per heavy atom. The number of cyclic esters (lactones) is 1. The van der Waals surface area contributed by atoms with Crippen LogP contribution >= 0.6 is 0 Å². The van der Waals surface area contributed by atoms with E-state index in [1.807, 2.05) is 0 Å². The van der Waals surface area contributed by atoms with Gasteiger partial charge in [0.15, 0.2) is 0 Å². The molecule has 104 valence electrons. The van der Waals surface area contributed by atoms with Crippen molar-refractivity contribution in [2.45, 2.75) is 44.8 Å². The van der Waals surface area contributed by atoms with Crippen molar-refractivity contribution in [2.24, 2.45) is 0 Å². The van der Waals surface area contributed by atoms with E-state index < -0.39 is 5.97 Å². The molecule has 5 heteroatoms. The maximum Gasteiger partial charge on any atom is 0.342 e. The van der Waals surface area contributed by atoms with Crippen LogP contribution in [-0.4, -0.2) is 33.5 Å². The van der Waals surface area contributed by atoms with Crippen LogP contribution in [0.15, 0.2) is 12.1 Å². The van der Waals surface area contributed by atoms with Gasteiger partial charge in [-0.25, -0.2) is 4.79 Å². The molecule has 1 aliphatic heterocycles. The first-order valence-electron chi connectivity index (χ1n) is 6.42. The van der Waals surface area contributed by atoms with Crippen molar-refractivity contribution >= 4 is 5.97 Å². The highest BCUT2D eigenvalue weighted by Crippen LogP contribution is 2.35. The highest BCUT2D eigenvalue weighted by atomic mass is 16.5. The zero-order valence-corrected chi connectivity index (χ0v) is 10.8. The molecule has 1 aromatic carbocycles. The number of aliphatic hydroxyl groups is 1. The molecule has 0 fully saturated rings. The van der Waals surface area contributed by atoms with E-state index in [2.05, 4.69) is 0 Å². The first-order valence-corrected chi connectivity index (χ1v) is 6.42. The quantitative estimate of drug-likeness (QED) is 0.570. The Kier molecular flexibility index (Phi) is 3.95. The van der Waals surface area contributed by atoms with E-state index in [1.165, 1.54) is 12.1 Å². The summed E-state index contributed by atoms with van der Waals surface area (Å²) in [5, 5.41) is 28.6. The molecular weight excluding hydrogens is 248 g/mol.